The Bertz CT molecular complexity index is 1240. The van der Waals surface area contributed by atoms with Gasteiger partial charge in [-0.3, -0.25) is 14.5 Å². The van der Waals surface area contributed by atoms with Gasteiger partial charge < -0.3 is 15.2 Å². The Kier molecular flexibility index (Phi) is 15.0. The van der Waals surface area contributed by atoms with Crippen molar-refractivity contribution in [1.82, 2.24) is 4.90 Å². The molecule has 0 amide bonds. The highest BCUT2D eigenvalue weighted by molar-refractivity contribution is 9.10. The second-order valence-corrected chi connectivity index (χ2v) is 10.8. The predicted octanol–water partition coefficient (Wildman–Crippen LogP) is 7.46. The number of nitrogen functional groups attached to an aromatic ring is 1. The average molecular weight is 640 g/mol. The highest BCUT2D eigenvalue weighted by atomic mass is 79.9. The van der Waals surface area contributed by atoms with Crippen LogP contribution in [0.1, 0.15) is 85.2 Å². The Morgan fingerprint density at radius 2 is 1.40 bits per heavy atom. The van der Waals surface area contributed by atoms with E-state index in [1.54, 1.807) is 12.1 Å². The van der Waals surface area contributed by atoms with E-state index in [1.165, 1.54) is 39.0 Å². The number of benzene rings is 3. The molecule has 2 N–H and O–H groups in total. The molecule has 8 heteroatoms. The van der Waals surface area contributed by atoms with Crippen molar-refractivity contribution in [2.75, 3.05) is 25.5 Å². The molecule has 0 unspecified atom stereocenters. The van der Waals surface area contributed by atoms with Gasteiger partial charge in [-0.05, 0) is 53.0 Å². The monoisotopic (exact) mass is 638 g/mol. The molecule has 0 aromatic heterocycles. The molecule has 0 bridgehead atoms. The third-order valence-corrected chi connectivity index (χ3v) is 7.67. The van der Waals surface area contributed by atoms with Gasteiger partial charge in [0, 0.05) is 35.1 Å². The molecule has 0 radical (unpaired) electrons. The number of ketones is 1. The SMILES string of the molecule is C.CCN(Cc1cc(C(=O)OCCOC(C)=O)cc(Br)c1N)C1CCCCC1.O=C(c1ccccc1)c1ccccc1. The molecule has 7 nitrogen and oxygen atoms in total. The highest BCUT2D eigenvalue weighted by Gasteiger charge is 2.22. The first-order chi connectivity index (χ1) is 19.8. The fourth-order valence-electron chi connectivity index (χ4n) is 4.84. The van der Waals surface area contributed by atoms with Crippen LogP contribution in [0.2, 0.25) is 0 Å². The van der Waals surface area contributed by atoms with Crippen LogP contribution in [0.25, 0.3) is 0 Å². The van der Waals surface area contributed by atoms with Crippen LogP contribution >= 0.6 is 15.9 Å². The standard InChI is InChI=1S/C20H29BrN2O4.C13H10O.CH4/c1-3-23(17-7-5-4-6-8-17)13-16-11-15(12-18(21)19(16)22)20(25)27-10-9-26-14(2)24;14-13(11-7-3-1-4-8-11)12-9-5-2-6-10-12;/h11-12,17H,3-10,13,22H2,1-2H3;1-10H;1H4. The number of hydrogen-bond acceptors (Lipinski definition) is 7. The molecule has 4 rings (SSSR count). The van der Waals surface area contributed by atoms with E-state index >= 15 is 0 Å². The minimum atomic E-state index is -0.454. The van der Waals surface area contributed by atoms with Crippen molar-refractivity contribution in [2.24, 2.45) is 0 Å². The van der Waals surface area contributed by atoms with E-state index in [1.807, 2.05) is 60.7 Å². The summed E-state index contributed by atoms with van der Waals surface area (Å²) in [6.07, 6.45) is 6.29. The molecule has 1 aliphatic carbocycles. The fraction of sp³-hybridized carbons (Fsp3) is 0.382. The molecule has 0 atom stereocenters. The number of carbonyl (C=O) groups is 3. The molecule has 42 heavy (non-hydrogen) atoms. The van der Waals surface area contributed by atoms with E-state index in [0.29, 0.717) is 28.3 Å². The van der Waals surface area contributed by atoms with E-state index < -0.39 is 11.9 Å². The van der Waals surface area contributed by atoms with Crippen molar-refractivity contribution in [3.8, 4) is 0 Å². The largest absolute Gasteiger partial charge is 0.462 e. The summed E-state index contributed by atoms with van der Waals surface area (Å²) >= 11 is 3.45. The molecule has 1 saturated carbocycles. The first-order valence-electron chi connectivity index (χ1n) is 14.1. The first-order valence-corrected chi connectivity index (χ1v) is 14.9. The van der Waals surface area contributed by atoms with Crippen LogP contribution < -0.4 is 5.73 Å². The fourth-order valence-corrected chi connectivity index (χ4v) is 5.34. The van der Waals surface area contributed by atoms with Crippen LogP contribution in [0.5, 0.6) is 0 Å². The van der Waals surface area contributed by atoms with Crippen molar-refractivity contribution in [3.63, 3.8) is 0 Å². The number of ether oxygens (including phenoxy) is 2. The zero-order valence-corrected chi connectivity index (χ0v) is 25.4. The second kappa shape index (κ2) is 18.1. The minimum Gasteiger partial charge on any atom is -0.462 e. The number of rotatable bonds is 10. The number of halogens is 1. The lowest BCUT2D eigenvalue weighted by Crippen LogP contribution is -2.36. The maximum absolute atomic E-state index is 12.3. The van der Waals surface area contributed by atoms with Crippen molar-refractivity contribution < 1.29 is 23.9 Å². The molecule has 3 aromatic rings. The van der Waals surface area contributed by atoms with Gasteiger partial charge in [0.2, 0.25) is 0 Å². The molecule has 226 valence electrons. The summed E-state index contributed by atoms with van der Waals surface area (Å²) in [7, 11) is 0. The summed E-state index contributed by atoms with van der Waals surface area (Å²) in [4.78, 5) is 37.4. The summed E-state index contributed by atoms with van der Waals surface area (Å²) in [6, 6.07) is 22.7. The lowest BCUT2D eigenvalue weighted by molar-refractivity contribution is -0.142. The van der Waals surface area contributed by atoms with Gasteiger partial charge in [-0.15, -0.1) is 0 Å². The number of nitrogens with two attached hydrogens (primary N) is 1. The number of nitrogens with zero attached hydrogens (tertiary/aromatic N) is 1. The van der Waals surface area contributed by atoms with Gasteiger partial charge in [-0.25, -0.2) is 4.79 Å². The smallest absolute Gasteiger partial charge is 0.338 e. The van der Waals surface area contributed by atoms with Crippen molar-refractivity contribution in [1.29, 1.82) is 0 Å². The Hall–Kier alpha value is -3.49. The molecule has 3 aromatic carbocycles. The third-order valence-electron chi connectivity index (χ3n) is 7.02. The zero-order valence-electron chi connectivity index (χ0n) is 23.8. The highest BCUT2D eigenvalue weighted by Crippen LogP contribution is 2.30. The molecule has 0 saturated heterocycles. The van der Waals surface area contributed by atoms with Crippen LogP contribution in [-0.4, -0.2) is 48.4 Å². The van der Waals surface area contributed by atoms with Crippen molar-refractivity contribution in [2.45, 2.75) is 66.0 Å². The zero-order chi connectivity index (χ0) is 29.6. The predicted molar refractivity (Wildman–Crippen MR) is 171 cm³/mol. The van der Waals surface area contributed by atoms with E-state index in [4.69, 9.17) is 15.2 Å². The minimum absolute atomic E-state index is 0. The topological polar surface area (TPSA) is 98.9 Å². The van der Waals surface area contributed by atoms with Crippen LogP contribution in [0.3, 0.4) is 0 Å². The molecular weight excluding hydrogens is 596 g/mol. The van der Waals surface area contributed by atoms with Crippen LogP contribution in [0.4, 0.5) is 5.69 Å². The van der Waals surface area contributed by atoms with E-state index in [9.17, 15) is 14.4 Å². The number of carbonyl (C=O) groups excluding carboxylic acids is 3. The Labute approximate surface area is 258 Å². The van der Waals surface area contributed by atoms with Gasteiger partial charge in [0.25, 0.3) is 0 Å². The van der Waals surface area contributed by atoms with E-state index in [0.717, 1.165) is 23.2 Å². The summed E-state index contributed by atoms with van der Waals surface area (Å²) < 4.78 is 10.6. The molecular formula is C34H43BrN2O5. The Morgan fingerprint density at radius 3 is 1.93 bits per heavy atom. The quantitative estimate of drug-likeness (QED) is 0.106. The van der Waals surface area contributed by atoms with Gasteiger partial charge in [0.1, 0.15) is 13.2 Å². The van der Waals surface area contributed by atoms with Crippen LogP contribution in [0.15, 0.2) is 77.3 Å². The summed E-state index contributed by atoms with van der Waals surface area (Å²) in [5.74, 6) is -0.776. The number of esters is 2. The third kappa shape index (κ3) is 10.7. The van der Waals surface area contributed by atoms with E-state index in [-0.39, 0.29) is 26.4 Å². The summed E-state index contributed by atoms with van der Waals surface area (Å²) in [5, 5.41) is 0. The van der Waals surface area contributed by atoms with Gasteiger partial charge in [-0.2, -0.15) is 0 Å². The van der Waals surface area contributed by atoms with Gasteiger partial charge in [0.05, 0.1) is 11.3 Å². The Balaban J connectivity index is 0.000000344. The molecule has 0 aliphatic heterocycles. The summed E-state index contributed by atoms with van der Waals surface area (Å²) in [6.45, 7) is 5.21. The van der Waals surface area contributed by atoms with Crippen LogP contribution in [0, 0.1) is 0 Å². The summed E-state index contributed by atoms with van der Waals surface area (Å²) in [5.41, 5.74) is 9.74. The maximum Gasteiger partial charge on any atom is 0.338 e. The van der Waals surface area contributed by atoms with Gasteiger partial charge in [0.15, 0.2) is 5.78 Å². The molecule has 0 heterocycles. The molecule has 1 fully saturated rings. The normalized spacial score (nSPS) is 12.9. The second-order valence-electron chi connectivity index (χ2n) is 9.92. The molecule has 0 spiro atoms. The first kappa shape index (κ1) is 34.7. The van der Waals surface area contributed by atoms with Gasteiger partial charge >= 0.3 is 11.9 Å². The van der Waals surface area contributed by atoms with Gasteiger partial charge in [-0.1, -0.05) is 94.3 Å². The number of hydrogen-bond donors (Lipinski definition) is 1. The lowest BCUT2D eigenvalue weighted by Gasteiger charge is -2.34. The lowest BCUT2D eigenvalue weighted by atomic mass is 9.93. The van der Waals surface area contributed by atoms with Crippen molar-refractivity contribution >= 4 is 39.3 Å². The molecule has 1 aliphatic rings. The van der Waals surface area contributed by atoms with E-state index in [2.05, 4.69) is 27.8 Å². The van der Waals surface area contributed by atoms with Crippen LogP contribution in [-0.2, 0) is 20.8 Å². The van der Waals surface area contributed by atoms with Crippen molar-refractivity contribution in [3.05, 3.63) is 99.5 Å². The average Bonchev–Trinajstić information content (AvgIpc) is 3.01. The maximum atomic E-state index is 12.3. The Morgan fingerprint density at radius 1 is 0.857 bits per heavy atom. The number of anilines is 1.